The van der Waals surface area contributed by atoms with Crippen molar-refractivity contribution >= 4 is 30.6 Å². The molecule has 9 heteroatoms. The fraction of sp³-hybridized carbons (Fsp3) is 0.926. The fourth-order valence-electron chi connectivity index (χ4n) is 6.51. The van der Waals surface area contributed by atoms with Gasteiger partial charge >= 0.3 is 223 Å². The molecule has 0 N–H and O–H groups in total. The molecule has 2 heterocycles. The molecule has 0 aromatic heterocycles. The van der Waals surface area contributed by atoms with Crippen molar-refractivity contribution in [1.29, 1.82) is 0 Å². The van der Waals surface area contributed by atoms with Crippen molar-refractivity contribution in [3.63, 3.8) is 0 Å². The van der Waals surface area contributed by atoms with Gasteiger partial charge in [-0.2, -0.15) is 0 Å². The summed E-state index contributed by atoms with van der Waals surface area (Å²) >= 11 is -2.78. The van der Waals surface area contributed by atoms with E-state index < -0.39 is 40.9 Å². The summed E-state index contributed by atoms with van der Waals surface area (Å²) in [7, 11) is 0. The first-order chi connectivity index (χ1) is 16.3. The molecule has 0 radical (unpaired) electrons. The quantitative estimate of drug-likeness (QED) is 0.352. The number of amides is 2. The molecule has 3 atom stereocenters. The van der Waals surface area contributed by atoms with E-state index in [2.05, 4.69) is 14.8 Å². The van der Waals surface area contributed by atoms with Crippen LogP contribution in [0.2, 0.25) is 14.8 Å². The predicted octanol–water partition coefficient (Wildman–Crippen LogP) is 6.01. The van der Waals surface area contributed by atoms with E-state index in [-0.39, 0.29) is 28.1 Å². The molecule has 3 aliphatic rings. The molecule has 36 heavy (non-hydrogen) atoms. The molecule has 2 aliphatic heterocycles. The summed E-state index contributed by atoms with van der Waals surface area (Å²) in [6, 6.07) is 0. The average Bonchev–Trinajstić information content (AvgIpc) is 3.09. The van der Waals surface area contributed by atoms with Gasteiger partial charge in [-0.1, -0.05) is 0 Å². The third-order valence-electron chi connectivity index (χ3n) is 8.07. The van der Waals surface area contributed by atoms with E-state index in [9.17, 15) is 9.59 Å². The zero-order valence-corrected chi connectivity index (χ0v) is 27.4. The van der Waals surface area contributed by atoms with Crippen LogP contribution >= 0.6 is 0 Å². The SMILES string of the molecule is CC1(C)COC(C)(C)N1C(=O)OC[C@H]1CCCC[C@H]1[C@@H](OC(=O)N1C(C)(C)COC1(C)C)[Sn]([CH3])([CH3])[CH3]. The van der Waals surface area contributed by atoms with Crippen LogP contribution in [0, 0.1) is 11.8 Å². The average molecular weight is 617 g/mol. The second kappa shape index (κ2) is 10.1. The summed E-state index contributed by atoms with van der Waals surface area (Å²) < 4.78 is 24.1. The molecule has 3 rings (SSSR count). The van der Waals surface area contributed by atoms with Gasteiger partial charge in [0.1, 0.15) is 0 Å². The molecule has 0 unspecified atom stereocenters. The first kappa shape index (κ1) is 29.8. The first-order valence-corrected chi connectivity index (χ1v) is 23.8. The van der Waals surface area contributed by atoms with Crippen molar-refractivity contribution in [3.05, 3.63) is 0 Å². The Kier molecular flexibility index (Phi) is 8.36. The minimum absolute atomic E-state index is 0.106. The summed E-state index contributed by atoms with van der Waals surface area (Å²) in [6.07, 6.45) is 3.54. The maximum atomic E-state index is 13.6. The van der Waals surface area contributed by atoms with E-state index in [0.29, 0.717) is 19.8 Å². The monoisotopic (exact) mass is 618 g/mol. The molecule has 1 saturated carbocycles. The Morgan fingerprint density at radius 2 is 1.31 bits per heavy atom. The van der Waals surface area contributed by atoms with Gasteiger partial charge in [-0.15, -0.1) is 0 Å². The predicted molar refractivity (Wildman–Crippen MR) is 142 cm³/mol. The molecule has 208 valence electrons. The Labute approximate surface area is 222 Å². The molecule has 3 fully saturated rings. The van der Waals surface area contributed by atoms with Crippen molar-refractivity contribution in [2.75, 3.05) is 19.8 Å². The molecule has 8 nitrogen and oxygen atoms in total. The van der Waals surface area contributed by atoms with Crippen LogP contribution in [0.5, 0.6) is 0 Å². The van der Waals surface area contributed by atoms with Gasteiger partial charge in [0.2, 0.25) is 0 Å². The van der Waals surface area contributed by atoms with Crippen LogP contribution in [0.1, 0.15) is 81.1 Å². The number of rotatable bonds is 5. The van der Waals surface area contributed by atoms with Crippen LogP contribution in [-0.2, 0) is 18.9 Å². The number of carbonyl (C=O) groups is 2. The molecule has 0 bridgehead atoms. The summed E-state index contributed by atoms with van der Waals surface area (Å²) in [5.74, 6) is 0.360. The number of ether oxygens (including phenoxy) is 4. The van der Waals surface area contributed by atoms with Crippen molar-refractivity contribution in [1.82, 2.24) is 9.80 Å². The Hall–Kier alpha value is -0.741. The number of hydrogen-bond donors (Lipinski definition) is 0. The molecule has 1 aliphatic carbocycles. The zero-order valence-electron chi connectivity index (χ0n) is 24.5. The van der Waals surface area contributed by atoms with Gasteiger partial charge in [0.15, 0.2) is 0 Å². The van der Waals surface area contributed by atoms with E-state index in [4.69, 9.17) is 18.9 Å². The second-order valence-corrected chi connectivity index (χ2v) is 29.4. The molecule has 2 saturated heterocycles. The van der Waals surface area contributed by atoms with E-state index in [1.54, 1.807) is 9.80 Å². The summed E-state index contributed by atoms with van der Waals surface area (Å²) in [4.78, 5) is 37.3. The summed E-state index contributed by atoms with van der Waals surface area (Å²) in [6.45, 7) is 17.0. The molecule has 0 aromatic carbocycles. The third kappa shape index (κ3) is 6.11. The van der Waals surface area contributed by atoms with Crippen molar-refractivity contribution in [3.8, 4) is 0 Å². The van der Waals surface area contributed by atoms with Gasteiger partial charge in [-0.25, -0.2) is 0 Å². The van der Waals surface area contributed by atoms with E-state index in [1.807, 2.05) is 55.4 Å². The first-order valence-electron chi connectivity index (χ1n) is 13.6. The Morgan fingerprint density at radius 3 is 1.75 bits per heavy atom. The second-order valence-electron chi connectivity index (χ2n) is 14.2. The topological polar surface area (TPSA) is 77.5 Å². The van der Waals surface area contributed by atoms with Crippen LogP contribution < -0.4 is 0 Å². The van der Waals surface area contributed by atoms with Gasteiger partial charge in [-0.3, -0.25) is 0 Å². The Morgan fingerprint density at radius 1 is 0.833 bits per heavy atom. The van der Waals surface area contributed by atoms with E-state index >= 15 is 0 Å². The van der Waals surface area contributed by atoms with E-state index in [1.165, 1.54) is 0 Å². The van der Waals surface area contributed by atoms with Crippen molar-refractivity contribution in [2.45, 2.75) is 123 Å². The van der Waals surface area contributed by atoms with Crippen LogP contribution in [-0.4, -0.2) is 86.8 Å². The standard InChI is InChI=1S/C24H41N2O6.3CH3.Sn/c1-21(2)15-31-23(5,6)25(21)19(27)29-13-17-11-9-10-12-18(17)14-30-20(28)26-22(3,4)16-32-24(26,7)8;;;;/h13,17-18H,9-12,14-16H2,1-8H3;3*1H3;/t17-,18+;;;;/m0..../s1. The minimum atomic E-state index is -2.78. The van der Waals surface area contributed by atoms with Crippen molar-refractivity contribution in [2.24, 2.45) is 11.8 Å². The van der Waals surface area contributed by atoms with E-state index in [0.717, 1.165) is 25.7 Å². The normalized spacial score (nSPS) is 29.6. The van der Waals surface area contributed by atoms with Crippen LogP contribution in [0.15, 0.2) is 0 Å². The maximum absolute atomic E-state index is 13.6. The fourth-order valence-corrected chi connectivity index (χ4v) is 12.7. The number of carbonyl (C=O) groups excluding carboxylic acids is 2. The molecular weight excluding hydrogens is 567 g/mol. The summed E-state index contributed by atoms with van der Waals surface area (Å²) in [5, 5.41) is 0. The molecule has 0 spiro atoms. The number of nitrogens with zero attached hydrogens (tertiary/aromatic N) is 2. The number of hydrogen-bond acceptors (Lipinski definition) is 6. The van der Waals surface area contributed by atoms with Gasteiger partial charge in [0.25, 0.3) is 0 Å². The molecule has 2 amide bonds. The van der Waals surface area contributed by atoms with Gasteiger partial charge < -0.3 is 0 Å². The van der Waals surface area contributed by atoms with Gasteiger partial charge in [0, 0.05) is 0 Å². The van der Waals surface area contributed by atoms with Crippen LogP contribution in [0.3, 0.4) is 0 Å². The summed E-state index contributed by atoms with van der Waals surface area (Å²) in [5.41, 5.74) is -2.28. The van der Waals surface area contributed by atoms with Gasteiger partial charge in [-0.05, 0) is 0 Å². The molecule has 0 aromatic rings. The third-order valence-corrected chi connectivity index (χ3v) is 14.5. The Balaban J connectivity index is 1.76. The van der Waals surface area contributed by atoms with Gasteiger partial charge in [0.05, 0.1) is 0 Å². The van der Waals surface area contributed by atoms with Crippen molar-refractivity contribution < 1.29 is 28.5 Å². The zero-order chi connectivity index (χ0) is 27.3. The van der Waals surface area contributed by atoms with Crippen LogP contribution in [0.25, 0.3) is 0 Å². The van der Waals surface area contributed by atoms with Crippen LogP contribution in [0.4, 0.5) is 9.59 Å². The molecular formula is C27H50N2O6Sn. The Bertz CT molecular complexity index is 803.